The molecule has 2 amide bonds. The molecule has 2 aliphatic rings. The molecular formula is C26H33ClN4O5S. The average Bonchev–Trinajstić information content (AvgIpc) is 2.90. The molecule has 1 saturated heterocycles. The van der Waals surface area contributed by atoms with Gasteiger partial charge in [0.2, 0.25) is 15.9 Å². The number of rotatable bonds is 7. The number of sulfonamides is 1. The lowest BCUT2D eigenvalue weighted by Gasteiger charge is -2.43. The molecule has 2 aromatic carbocycles. The zero-order chi connectivity index (χ0) is 26.6. The first kappa shape index (κ1) is 27.2. The van der Waals surface area contributed by atoms with Crippen LogP contribution in [0.4, 0.5) is 10.5 Å². The van der Waals surface area contributed by atoms with Crippen molar-refractivity contribution in [2.75, 3.05) is 31.5 Å². The molecule has 0 bridgehead atoms. The van der Waals surface area contributed by atoms with E-state index >= 15 is 0 Å². The maximum absolute atomic E-state index is 13.6. The van der Waals surface area contributed by atoms with E-state index < -0.39 is 16.1 Å². The summed E-state index contributed by atoms with van der Waals surface area (Å²) in [5.74, 6) is -0.215. The summed E-state index contributed by atoms with van der Waals surface area (Å²) >= 11 is 6.15. The highest BCUT2D eigenvalue weighted by Crippen LogP contribution is 2.33. The Morgan fingerprint density at radius 3 is 2.41 bits per heavy atom. The second kappa shape index (κ2) is 11.7. The summed E-state index contributed by atoms with van der Waals surface area (Å²) in [4.78, 5) is 28.5. The molecule has 11 heteroatoms. The topological polar surface area (TPSA) is 119 Å². The Kier molecular flexibility index (Phi) is 8.61. The van der Waals surface area contributed by atoms with E-state index in [1.54, 1.807) is 11.0 Å². The van der Waals surface area contributed by atoms with Crippen LogP contribution in [0.3, 0.4) is 0 Å². The summed E-state index contributed by atoms with van der Waals surface area (Å²) in [6, 6.07) is 13.5. The minimum Gasteiger partial charge on any atom is -0.465 e. The van der Waals surface area contributed by atoms with Gasteiger partial charge in [0.15, 0.2) is 0 Å². The van der Waals surface area contributed by atoms with E-state index in [-0.39, 0.29) is 41.9 Å². The van der Waals surface area contributed by atoms with Crippen molar-refractivity contribution in [2.45, 2.75) is 49.6 Å². The minimum atomic E-state index is -3.74. The van der Waals surface area contributed by atoms with Crippen LogP contribution in [0.1, 0.15) is 44.2 Å². The number of hydrogen-bond donors (Lipinski definition) is 3. The molecule has 2 fully saturated rings. The third-order valence-electron chi connectivity index (χ3n) is 7.13. The second-order valence-electron chi connectivity index (χ2n) is 9.53. The highest BCUT2D eigenvalue weighted by atomic mass is 35.5. The molecule has 1 heterocycles. The monoisotopic (exact) mass is 548 g/mol. The van der Waals surface area contributed by atoms with Gasteiger partial charge in [-0.2, -0.15) is 0 Å². The van der Waals surface area contributed by atoms with Crippen LogP contribution in [0.2, 0.25) is 5.02 Å². The lowest BCUT2D eigenvalue weighted by Crippen LogP contribution is -2.53. The summed E-state index contributed by atoms with van der Waals surface area (Å²) < 4.78 is 28.8. The van der Waals surface area contributed by atoms with E-state index in [9.17, 15) is 23.1 Å². The molecule has 3 N–H and O–H groups in total. The van der Waals surface area contributed by atoms with Crippen LogP contribution in [-0.2, 0) is 14.8 Å². The van der Waals surface area contributed by atoms with Crippen molar-refractivity contribution in [3.8, 4) is 0 Å². The summed E-state index contributed by atoms with van der Waals surface area (Å²) in [5.41, 5.74) is 1.47. The molecule has 1 aliphatic carbocycles. The van der Waals surface area contributed by atoms with Crippen molar-refractivity contribution >= 4 is 39.3 Å². The summed E-state index contributed by atoms with van der Waals surface area (Å²) in [7, 11) is -3.74. The number of carboxylic acid groups (broad SMARTS) is 1. The fourth-order valence-electron chi connectivity index (χ4n) is 5.16. The minimum absolute atomic E-state index is 0.00758. The molecule has 1 aliphatic heterocycles. The highest BCUT2D eigenvalue weighted by molar-refractivity contribution is 7.89. The van der Waals surface area contributed by atoms with Crippen LogP contribution in [0, 0.1) is 5.92 Å². The van der Waals surface area contributed by atoms with Gasteiger partial charge in [0, 0.05) is 38.1 Å². The third kappa shape index (κ3) is 6.37. The largest absolute Gasteiger partial charge is 0.465 e. The lowest BCUT2D eigenvalue weighted by molar-refractivity contribution is -0.141. The van der Waals surface area contributed by atoms with Gasteiger partial charge in [0.1, 0.15) is 0 Å². The van der Waals surface area contributed by atoms with E-state index in [1.165, 1.54) is 17.0 Å². The number of amides is 2. The Bertz CT molecular complexity index is 1220. The van der Waals surface area contributed by atoms with Crippen LogP contribution < -0.4 is 10.0 Å². The first-order chi connectivity index (χ1) is 17.7. The SMILES string of the molecule is CCNc1cc(S(=O)(=O)NC2CCC(C(=O)N3CCN(C(=O)O)CC3c3ccccc3)CC2)ccc1Cl. The Hall–Kier alpha value is -2.82. The van der Waals surface area contributed by atoms with Crippen molar-refractivity contribution in [2.24, 2.45) is 5.92 Å². The van der Waals surface area contributed by atoms with Gasteiger partial charge in [-0.05, 0) is 56.4 Å². The normalized spacial score (nSPS) is 22.5. The molecule has 37 heavy (non-hydrogen) atoms. The van der Waals surface area contributed by atoms with Gasteiger partial charge in [-0.3, -0.25) is 4.79 Å². The third-order valence-corrected chi connectivity index (χ3v) is 8.98. The van der Waals surface area contributed by atoms with Crippen LogP contribution in [0.15, 0.2) is 53.4 Å². The van der Waals surface area contributed by atoms with Crippen molar-refractivity contribution in [1.82, 2.24) is 14.5 Å². The summed E-state index contributed by atoms with van der Waals surface area (Å²) in [6.07, 6.45) is 1.24. The zero-order valence-corrected chi connectivity index (χ0v) is 22.3. The summed E-state index contributed by atoms with van der Waals surface area (Å²) in [5, 5.41) is 13.0. The number of anilines is 1. The van der Waals surface area contributed by atoms with Crippen molar-refractivity contribution < 1.29 is 23.1 Å². The number of nitrogens with one attached hydrogen (secondary N) is 2. The zero-order valence-electron chi connectivity index (χ0n) is 20.8. The molecule has 1 unspecified atom stereocenters. The highest BCUT2D eigenvalue weighted by Gasteiger charge is 2.38. The first-order valence-corrected chi connectivity index (χ1v) is 14.4. The van der Waals surface area contributed by atoms with Gasteiger partial charge in [-0.1, -0.05) is 41.9 Å². The number of carbonyl (C=O) groups excluding carboxylic acids is 1. The van der Waals surface area contributed by atoms with Crippen molar-refractivity contribution in [3.63, 3.8) is 0 Å². The Morgan fingerprint density at radius 2 is 1.76 bits per heavy atom. The molecule has 200 valence electrons. The quantitative estimate of drug-likeness (QED) is 0.478. The fourth-order valence-corrected chi connectivity index (χ4v) is 6.67. The molecule has 0 radical (unpaired) electrons. The van der Waals surface area contributed by atoms with E-state index in [4.69, 9.17) is 11.6 Å². The lowest BCUT2D eigenvalue weighted by atomic mass is 9.85. The predicted molar refractivity (Wildman–Crippen MR) is 142 cm³/mol. The Balaban J connectivity index is 1.40. The maximum Gasteiger partial charge on any atom is 0.407 e. The van der Waals surface area contributed by atoms with E-state index in [0.717, 1.165) is 5.56 Å². The standard InChI is InChI=1S/C26H33ClN4O5S/c1-2-28-23-16-21(12-13-22(23)27)37(35,36)29-20-10-8-19(9-11-20)25(32)31-15-14-30(26(33)34)17-24(31)18-6-4-3-5-7-18/h3-7,12-13,16,19-20,24,28-29H,2,8-11,14-15,17H2,1H3,(H,33,34). The molecule has 0 aromatic heterocycles. The second-order valence-corrected chi connectivity index (χ2v) is 11.6. The Labute approximate surface area is 222 Å². The maximum atomic E-state index is 13.6. The van der Waals surface area contributed by atoms with Gasteiger partial charge in [0.25, 0.3) is 0 Å². The Morgan fingerprint density at radius 1 is 1.05 bits per heavy atom. The van der Waals surface area contributed by atoms with Gasteiger partial charge in [-0.15, -0.1) is 0 Å². The van der Waals surface area contributed by atoms with Gasteiger partial charge >= 0.3 is 6.09 Å². The molecular weight excluding hydrogens is 516 g/mol. The van der Waals surface area contributed by atoms with E-state index in [1.807, 2.05) is 37.3 Å². The van der Waals surface area contributed by atoms with Crippen LogP contribution in [0.25, 0.3) is 0 Å². The molecule has 1 atom stereocenters. The smallest absolute Gasteiger partial charge is 0.407 e. The molecule has 9 nitrogen and oxygen atoms in total. The average molecular weight is 549 g/mol. The van der Waals surface area contributed by atoms with E-state index in [2.05, 4.69) is 10.0 Å². The van der Waals surface area contributed by atoms with E-state index in [0.29, 0.717) is 49.5 Å². The number of piperazine rings is 1. The first-order valence-electron chi connectivity index (χ1n) is 12.6. The number of halogens is 1. The summed E-state index contributed by atoms with van der Waals surface area (Å²) in [6.45, 7) is 3.36. The number of hydrogen-bond acceptors (Lipinski definition) is 5. The number of nitrogens with zero attached hydrogens (tertiary/aromatic N) is 2. The molecule has 2 aromatic rings. The van der Waals surface area contributed by atoms with Crippen LogP contribution >= 0.6 is 11.6 Å². The fraction of sp³-hybridized carbons (Fsp3) is 0.462. The number of carbonyl (C=O) groups is 2. The molecule has 1 saturated carbocycles. The molecule has 4 rings (SSSR count). The van der Waals surface area contributed by atoms with Gasteiger partial charge in [-0.25, -0.2) is 17.9 Å². The number of benzene rings is 2. The van der Waals surface area contributed by atoms with Crippen LogP contribution in [0.5, 0.6) is 0 Å². The predicted octanol–water partition coefficient (Wildman–Crippen LogP) is 4.17. The van der Waals surface area contributed by atoms with Crippen molar-refractivity contribution in [1.29, 1.82) is 0 Å². The van der Waals surface area contributed by atoms with Gasteiger partial charge < -0.3 is 20.2 Å². The molecule has 0 spiro atoms. The van der Waals surface area contributed by atoms with Crippen molar-refractivity contribution in [3.05, 3.63) is 59.1 Å². The van der Waals surface area contributed by atoms with Gasteiger partial charge in [0.05, 0.1) is 21.6 Å². The van der Waals surface area contributed by atoms with Crippen LogP contribution in [-0.4, -0.2) is 67.5 Å².